The fourth-order valence-corrected chi connectivity index (χ4v) is 2.14. The van der Waals surface area contributed by atoms with E-state index in [9.17, 15) is 9.59 Å². The molecule has 2 heterocycles. The molecule has 1 aromatic rings. The summed E-state index contributed by atoms with van der Waals surface area (Å²) in [6.45, 7) is 6.60. The molecule has 0 aliphatic carbocycles. The molecule has 0 spiro atoms. The van der Waals surface area contributed by atoms with Crippen LogP contribution in [0.3, 0.4) is 0 Å². The van der Waals surface area contributed by atoms with Crippen molar-refractivity contribution < 1.29 is 14.3 Å². The minimum atomic E-state index is -0.580. The van der Waals surface area contributed by atoms with Gasteiger partial charge in [-0.2, -0.15) is 5.26 Å². The van der Waals surface area contributed by atoms with Gasteiger partial charge in [-0.3, -0.25) is 14.7 Å². The first kappa shape index (κ1) is 16.7. The quantitative estimate of drug-likeness (QED) is 0.826. The summed E-state index contributed by atoms with van der Waals surface area (Å²) in [4.78, 5) is 31.4. The van der Waals surface area contributed by atoms with Crippen molar-refractivity contribution in [3.05, 3.63) is 29.6 Å². The first-order chi connectivity index (χ1) is 10.8. The maximum absolute atomic E-state index is 12.2. The minimum Gasteiger partial charge on any atom is -0.444 e. The van der Waals surface area contributed by atoms with Gasteiger partial charge in [0, 0.05) is 19.3 Å². The van der Waals surface area contributed by atoms with Crippen LogP contribution in [0.1, 0.15) is 32.0 Å². The van der Waals surface area contributed by atoms with E-state index in [1.165, 1.54) is 11.1 Å². The number of carbonyl (C=O) groups excluding carboxylic acids is 2. The van der Waals surface area contributed by atoms with Crippen LogP contribution < -0.4 is 0 Å². The van der Waals surface area contributed by atoms with Crippen molar-refractivity contribution in [1.82, 2.24) is 14.8 Å². The second kappa shape index (κ2) is 6.65. The molecule has 1 saturated heterocycles. The molecule has 0 radical (unpaired) electrons. The molecule has 122 valence electrons. The van der Waals surface area contributed by atoms with Gasteiger partial charge in [-0.1, -0.05) is 0 Å². The highest BCUT2D eigenvalue weighted by Crippen LogP contribution is 2.13. The van der Waals surface area contributed by atoms with E-state index in [0.717, 1.165) is 0 Å². The summed E-state index contributed by atoms with van der Waals surface area (Å²) in [7, 11) is 0. The Labute approximate surface area is 135 Å². The molecule has 2 rings (SSSR count). The number of carbonyl (C=O) groups is 2. The lowest BCUT2D eigenvalue weighted by Gasteiger charge is -2.35. The van der Waals surface area contributed by atoms with Gasteiger partial charge in [-0.05, 0) is 32.9 Å². The van der Waals surface area contributed by atoms with Gasteiger partial charge < -0.3 is 9.64 Å². The molecule has 0 saturated carbocycles. The number of hydrogen-bond donors (Lipinski definition) is 0. The molecular formula is C16H20N4O3. The summed E-state index contributed by atoms with van der Waals surface area (Å²) in [5.74, 6) is -0.145. The number of pyridine rings is 1. The number of hydrogen-bond acceptors (Lipinski definition) is 5. The van der Waals surface area contributed by atoms with Crippen LogP contribution in [0.5, 0.6) is 0 Å². The van der Waals surface area contributed by atoms with E-state index in [1.807, 2.05) is 6.07 Å². The van der Waals surface area contributed by atoms with Crippen molar-refractivity contribution in [3.8, 4) is 6.07 Å². The van der Waals surface area contributed by atoms with Crippen molar-refractivity contribution in [3.63, 3.8) is 0 Å². The summed E-state index contributed by atoms with van der Waals surface area (Å²) in [5.41, 5.74) is 0.613. The van der Waals surface area contributed by atoms with E-state index in [2.05, 4.69) is 4.98 Å². The highest BCUT2D eigenvalue weighted by atomic mass is 16.6. The molecule has 1 fully saturated rings. The number of aromatic nitrogens is 1. The molecule has 2 amide bonds. The van der Waals surface area contributed by atoms with E-state index < -0.39 is 11.7 Å². The fraction of sp³-hybridized carbons (Fsp3) is 0.500. The van der Waals surface area contributed by atoms with Crippen LogP contribution in [-0.4, -0.2) is 52.0 Å². The van der Waals surface area contributed by atoms with Crippen LogP contribution in [0.15, 0.2) is 18.3 Å². The summed E-state index contributed by atoms with van der Waals surface area (Å²) in [6, 6.07) is 5.40. The smallest absolute Gasteiger partial charge is 0.410 e. The van der Waals surface area contributed by atoms with Gasteiger partial charge in [0.05, 0.1) is 17.8 Å². The van der Waals surface area contributed by atoms with Crippen molar-refractivity contribution in [1.29, 1.82) is 5.26 Å². The Morgan fingerprint density at radius 3 is 2.65 bits per heavy atom. The Morgan fingerprint density at radius 2 is 2.13 bits per heavy atom. The molecule has 1 aromatic heterocycles. The number of nitriles is 1. The van der Waals surface area contributed by atoms with Gasteiger partial charge in [0.15, 0.2) is 0 Å². The van der Waals surface area contributed by atoms with E-state index in [-0.39, 0.29) is 12.5 Å². The number of amides is 2. The molecular weight excluding hydrogens is 296 g/mol. The molecule has 0 unspecified atom stereocenters. The van der Waals surface area contributed by atoms with E-state index >= 15 is 0 Å². The zero-order valence-electron chi connectivity index (χ0n) is 13.6. The van der Waals surface area contributed by atoms with Crippen molar-refractivity contribution in [2.24, 2.45) is 0 Å². The van der Waals surface area contributed by atoms with Gasteiger partial charge in [0.25, 0.3) is 0 Å². The zero-order valence-corrected chi connectivity index (χ0v) is 13.6. The second-order valence-electron chi connectivity index (χ2n) is 6.37. The van der Waals surface area contributed by atoms with Gasteiger partial charge in [0.1, 0.15) is 18.2 Å². The Morgan fingerprint density at radius 1 is 1.39 bits per heavy atom. The Hall–Kier alpha value is -2.62. The normalized spacial score (nSPS) is 15.3. The third-order valence-electron chi connectivity index (χ3n) is 3.28. The van der Waals surface area contributed by atoms with Crippen LogP contribution in [0, 0.1) is 11.3 Å². The Balaban J connectivity index is 1.92. The molecule has 23 heavy (non-hydrogen) atoms. The third-order valence-corrected chi connectivity index (χ3v) is 3.28. The standard InChI is InChI=1S/C16H20N4O3/c1-16(2,3)23-15(22)20-7-6-19(14(21)11-20)10-13-5-4-12(8-17)9-18-13/h4-5,9H,6-7,10-11H2,1-3H3. The number of nitrogens with zero attached hydrogens (tertiary/aromatic N) is 4. The zero-order chi connectivity index (χ0) is 17.0. The summed E-state index contributed by atoms with van der Waals surface area (Å²) >= 11 is 0. The Bertz CT molecular complexity index is 628. The average Bonchev–Trinajstić information content (AvgIpc) is 2.48. The monoisotopic (exact) mass is 316 g/mol. The van der Waals surface area contributed by atoms with Crippen molar-refractivity contribution in [2.75, 3.05) is 19.6 Å². The molecule has 0 aromatic carbocycles. The first-order valence-electron chi connectivity index (χ1n) is 7.39. The first-order valence-corrected chi connectivity index (χ1v) is 7.39. The molecule has 0 atom stereocenters. The summed E-state index contributed by atoms with van der Waals surface area (Å²) in [6.07, 6.45) is 1.01. The van der Waals surface area contributed by atoms with Crippen molar-refractivity contribution in [2.45, 2.75) is 32.9 Å². The van der Waals surface area contributed by atoms with Crippen LogP contribution in [0.25, 0.3) is 0 Å². The molecule has 7 nitrogen and oxygen atoms in total. The Kier molecular flexibility index (Phi) is 4.84. The summed E-state index contributed by atoms with van der Waals surface area (Å²) < 4.78 is 5.28. The van der Waals surface area contributed by atoms with Gasteiger partial charge in [-0.25, -0.2) is 4.79 Å². The predicted molar refractivity (Wildman–Crippen MR) is 82.2 cm³/mol. The van der Waals surface area contributed by atoms with E-state index in [4.69, 9.17) is 10.00 Å². The maximum Gasteiger partial charge on any atom is 0.410 e. The van der Waals surface area contributed by atoms with Gasteiger partial charge in [0.2, 0.25) is 5.91 Å². The second-order valence-corrected chi connectivity index (χ2v) is 6.37. The van der Waals surface area contributed by atoms with Crippen LogP contribution in [0.2, 0.25) is 0 Å². The molecule has 1 aliphatic rings. The topological polar surface area (TPSA) is 86.5 Å². The number of piperazine rings is 1. The fourth-order valence-electron chi connectivity index (χ4n) is 2.14. The van der Waals surface area contributed by atoms with E-state index in [1.54, 1.807) is 37.8 Å². The van der Waals surface area contributed by atoms with E-state index in [0.29, 0.717) is 30.9 Å². The third kappa shape index (κ3) is 4.68. The maximum atomic E-state index is 12.2. The lowest BCUT2D eigenvalue weighted by atomic mass is 10.2. The largest absolute Gasteiger partial charge is 0.444 e. The van der Waals surface area contributed by atoms with Gasteiger partial charge >= 0.3 is 6.09 Å². The highest BCUT2D eigenvalue weighted by Gasteiger charge is 2.30. The molecule has 0 bridgehead atoms. The predicted octanol–water partition coefficient (Wildman–Crippen LogP) is 1.53. The minimum absolute atomic E-state index is 0.00515. The van der Waals surface area contributed by atoms with Gasteiger partial charge in [-0.15, -0.1) is 0 Å². The molecule has 7 heteroatoms. The van der Waals surface area contributed by atoms with Crippen LogP contribution in [-0.2, 0) is 16.1 Å². The SMILES string of the molecule is CC(C)(C)OC(=O)N1CCN(Cc2ccc(C#N)cn2)C(=O)C1. The van der Waals surface area contributed by atoms with Crippen LogP contribution in [0.4, 0.5) is 4.79 Å². The van der Waals surface area contributed by atoms with Crippen LogP contribution >= 0.6 is 0 Å². The molecule has 0 N–H and O–H groups in total. The average molecular weight is 316 g/mol. The number of rotatable bonds is 2. The summed E-state index contributed by atoms with van der Waals surface area (Å²) in [5, 5.41) is 8.75. The lowest BCUT2D eigenvalue weighted by Crippen LogP contribution is -2.52. The number of ether oxygens (including phenoxy) is 1. The highest BCUT2D eigenvalue weighted by molar-refractivity contribution is 5.83. The molecule has 1 aliphatic heterocycles. The van der Waals surface area contributed by atoms with Crippen molar-refractivity contribution >= 4 is 12.0 Å². The lowest BCUT2D eigenvalue weighted by molar-refractivity contribution is -0.136.